The first-order valence-electron chi connectivity index (χ1n) is 7.55. The Hall–Kier alpha value is -0.470. The van der Waals surface area contributed by atoms with E-state index in [4.69, 9.17) is 23.2 Å². The second-order valence-electron chi connectivity index (χ2n) is 6.43. The van der Waals surface area contributed by atoms with Crippen LogP contribution in [0.4, 0.5) is 5.69 Å². The fraction of sp³-hybridized carbons (Fsp3) is 0.688. The van der Waals surface area contributed by atoms with Crippen molar-refractivity contribution in [3.05, 3.63) is 21.9 Å². The lowest BCUT2D eigenvalue weighted by atomic mass is 9.81. The van der Waals surface area contributed by atoms with Gasteiger partial charge in [0.25, 0.3) is 0 Å². The molecule has 2 unspecified atom stereocenters. The van der Waals surface area contributed by atoms with Crippen LogP contribution in [0.1, 0.15) is 51.5 Å². The van der Waals surface area contributed by atoms with E-state index in [1.807, 2.05) is 13.0 Å². The summed E-state index contributed by atoms with van der Waals surface area (Å²) in [6, 6.07) is 2.37. The van der Waals surface area contributed by atoms with Crippen LogP contribution in [0.15, 0.2) is 6.07 Å². The first-order chi connectivity index (χ1) is 9.45. The van der Waals surface area contributed by atoms with Gasteiger partial charge in [-0.25, -0.2) is 4.98 Å². The molecule has 1 aliphatic carbocycles. The maximum absolute atomic E-state index is 6.22. The Bertz CT molecular complexity index is 437. The zero-order valence-corrected chi connectivity index (χ0v) is 14.1. The molecule has 0 amide bonds. The zero-order valence-electron chi connectivity index (χ0n) is 12.5. The van der Waals surface area contributed by atoms with E-state index < -0.39 is 0 Å². The maximum atomic E-state index is 6.22. The predicted octanol–water partition coefficient (Wildman–Crippen LogP) is 5.71. The minimum Gasteiger partial charge on any atom is -0.380 e. The SMILES string of the molecule is Cc1cc(Cl)nc(Cl)c1NC1CCCC(CC(C)C)C1. The number of anilines is 1. The largest absolute Gasteiger partial charge is 0.380 e. The van der Waals surface area contributed by atoms with Gasteiger partial charge in [-0.05, 0) is 49.7 Å². The highest BCUT2D eigenvalue weighted by Gasteiger charge is 2.23. The first kappa shape index (κ1) is 15.9. The first-order valence-corrected chi connectivity index (χ1v) is 8.30. The Morgan fingerprint density at radius 1 is 1.35 bits per heavy atom. The number of hydrogen-bond acceptors (Lipinski definition) is 2. The summed E-state index contributed by atoms with van der Waals surface area (Å²) in [5, 5.41) is 4.54. The average molecular weight is 315 g/mol. The van der Waals surface area contributed by atoms with Gasteiger partial charge in [0.15, 0.2) is 5.15 Å². The van der Waals surface area contributed by atoms with Gasteiger partial charge in [0.1, 0.15) is 5.15 Å². The molecule has 0 aromatic carbocycles. The van der Waals surface area contributed by atoms with Crippen LogP contribution in [0, 0.1) is 18.8 Å². The quantitative estimate of drug-likeness (QED) is 0.719. The number of aryl methyl sites for hydroxylation is 1. The molecule has 1 aromatic rings. The minimum absolute atomic E-state index is 0.458. The highest BCUT2D eigenvalue weighted by Crippen LogP contribution is 2.33. The summed E-state index contributed by atoms with van der Waals surface area (Å²) in [6.07, 6.45) is 6.43. The molecule has 2 rings (SSSR count). The van der Waals surface area contributed by atoms with Crippen molar-refractivity contribution in [2.75, 3.05) is 5.32 Å². The molecule has 0 radical (unpaired) electrons. The molecule has 1 heterocycles. The van der Waals surface area contributed by atoms with Crippen molar-refractivity contribution in [1.29, 1.82) is 0 Å². The Balaban J connectivity index is 2.03. The molecular formula is C16H24Cl2N2. The number of nitrogens with one attached hydrogen (secondary N) is 1. The number of nitrogens with zero attached hydrogens (tertiary/aromatic N) is 1. The van der Waals surface area contributed by atoms with Crippen LogP contribution in [0.2, 0.25) is 10.3 Å². The average Bonchev–Trinajstić information content (AvgIpc) is 2.33. The van der Waals surface area contributed by atoms with Gasteiger partial charge >= 0.3 is 0 Å². The van der Waals surface area contributed by atoms with E-state index in [-0.39, 0.29) is 0 Å². The molecule has 1 aromatic heterocycles. The van der Waals surface area contributed by atoms with Gasteiger partial charge in [-0.3, -0.25) is 0 Å². The molecule has 0 saturated heterocycles. The van der Waals surface area contributed by atoms with E-state index in [0.29, 0.717) is 16.3 Å². The van der Waals surface area contributed by atoms with Gasteiger partial charge in [0.05, 0.1) is 5.69 Å². The molecule has 0 aliphatic heterocycles. The molecule has 112 valence electrons. The molecule has 4 heteroatoms. The van der Waals surface area contributed by atoms with Crippen LogP contribution in [0.3, 0.4) is 0 Å². The van der Waals surface area contributed by atoms with E-state index in [1.54, 1.807) is 0 Å². The lowest BCUT2D eigenvalue weighted by Gasteiger charge is -2.32. The highest BCUT2D eigenvalue weighted by molar-refractivity contribution is 6.34. The Morgan fingerprint density at radius 3 is 2.75 bits per heavy atom. The van der Waals surface area contributed by atoms with Crippen molar-refractivity contribution >= 4 is 28.9 Å². The van der Waals surface area contributed by atoms with Gasteiger partial charge in [0.2, 0.25) is 0 Å². The minimum atomic E-state index is 0.458. The highest BCUT2D eigenvalue weighted by atomic mass is 35.5. The number of halogens is 2. The fourth-order valence-electron chi connectivity index (χ4n) is 3.28. The summed E-state index contributed by atoms with van der Waals surface area (Å²) in [6.45, 7) is 6.64. The van der Waals surface area contributed by atoms with Crippen molar-refractivity contribution in [2.45, 2.75) is 58.9 Å². The normalized spacial score (nSPS) is 23.1. The molecule has 0 spiro atoms. The molecule has 2 atom stereocenters. The third-order valence-electron chi connectivity index (χ3n) is 4.08. The number of hydrogen-bond donors (Lipinski definition) is 1. The van der Waals surface area contributed by atoms with E-state index >= 15 is 0 Å². The van der Waals surface area contributed by atoms with Gasteiger partial charge in [-0.15, -0.1) is 0 Å². The molecular weight excluding hydrogens is 291 g/mol. The fourth-order valence-corrected chi connectivity index (χ4v) is 3.86. The van der Waals surface area contributed by atoms with E-state index in [9.17, 15) is 0 Å². The number of rotatable bonds is 4. The van der Waals surface area contributed by atoms with Crippen LogP contribution >= 0.6 is 23.2 Å². The summed E-state index contributed by atoms with van der Waals surface area (Å²) in [5.74, 6) is 1.61. The molecule has 2 nitrogen and oxygen atoms in total. The molecule has 1 N–H and O–H groups in total. The third kappa shape index (κ3) is 4.26. The molecule has 0 bridgehead atoms. The number of aromatic nitrogens is 1. The van der Waals surface area contributed by atoms with Gasteiger partial charge in [0, 0.05) is 6.04 Å². The topological polar surface area (TPSA) is 24.9 Å². The summed E-state index contributed by atoms with van der Waals surface area (Å²) < 4.78 is 0. The monoisotopic (exact) mass is 314 g/mol. The molecule has 1 saturated carbocycles. The van der Waals surface area contributed by atoms with Crippen LogP contribution in [-0.2, 0) is 0 Å². The predicted molar refractivity (Wildman–Crippen MR) is 87.8 cm³/mol. The Labute approximate surface area is 132 Å². The van der Waals surface area contributed by atoms with Gasteiger partial charge < -0.3 is 5.32 Å². The smallest absolute Gasteiger partial charge is 0.154 e. The summed E-state index contributed by atoms with van der Waals surface area (Å²) in [4.78, 5) is 4.14. The zero-order chi connectivity index (χ0) is 14.7. The summed E-state index contributed by atoms with van der Waals surface area (Å²) in [7, 11) is 0. The van der Waals surface area contributed by atoms with Crippen molar-refractivity contribution < 1.29 is 0 Å². The Morgan fingerprint density at radius 2 is 2.10 bits per heavy atom. The third-order valence-corrected chi connectivity index (χ3v) is 4.54. The lowest BCUT2D eigenvalue weighted by Crippen LogP contribution is -2.28. The second-order valence-corrected chi connectivity index (χ2v) is 7.18. The van der Waals surface area contributed by atoms with Crippen molar-refractivity contribution in [2.24, 2.45) is 11.8 Å². The summed E-state index contributed by atoms with van der Waals surface area (Å²) in [5.41, 5.74) is 2.02. The van der Waals surface area contributed by atoms with E-state index in [0.717, 1.165) is 23.1 Å². The van der Waals surface area contributed by atoms with Gasteiger partial charge in [-0.2, -0.15) is 0 Å². The standard InChI is InChI=1S/C16H24Cl2N2/c1-10(2)7-12-5-4-6-13(9-12)19-15-11(3)8-14(17)20-16(15)18/h8,10,12-13,19H,4-7,9H2,1-3H3. The van der Waals surface area contributed by atoms with Crippen LogP contribution in [-0.4, -0.2) is 11.0 Å². The Kier molecular flexibility index (Phi) is 5.57. The van der Waals surface area contributed by atoms with Crippen molar-refractivity contribution in [3.63, 3.8) is 0 Å². The second kappa shape index (κ2) is 7.00. The van der Waals surface area contributed by atoms with Crippen LogP contribution in [0.25, 0.3) is 0 Å². The van der Waals surface area contributed by atoms with E-state index in [1.165, 1.54) is 32.1 Å². The molecule has 20 heavy (non-hydrogen) atoms. The summed E-state index contributed by atoms with van der Waals surface area (Å²) >= 11 is 12.1. The van der Waals surface area contributed by atoms with Gasteiger partial charge in [-0.1, -0.05) is 49.9 Å². The lowest BCUT2D eigenvalue weighted by molar-refractivity contribution is 0.289. The van der Waals surface area contributed by atoms with Crippen LogP contribution < -0.4 is 5.32 Å². The molecule has 1 fully saturated rings. The van der Waals surface area contributed by atoms with E-state index in [2.05, 4.69) is 24.1 Å². The van der Waals surface area contributed by atoms with Crippen LogP contribution in [0.5, 0.6) is 0 Å². The van der Waals surface area contributed by atoms with Crippen molar-refractivity contribution in [1.82, 2.24) is 4.98 Å². The maximum Gasteiger partial charge on any atom is 0.154 e. The molecule has 1 aliphatic rings. The number of pyridine rings is 1. The van der Waals surface area contributed by atoms with Crippen molar-refractivity contribution in [3.8, 4) is 0 Å².